The van der Waals surface area contributed by atoms with Gasteiger partial charge in [0.15, 0.2) is 6.29 Å². The van der Waals surface area contributed by atoms with Crippen LogP contribution < -0.4 is 0 Å². The molecular weight excluding hydrogens is 270 g/mol. The van der Waals surface area contributed by atoms with Crippen LogP contribution >= 0.6 is 11.8 Å². The second kappa shape index (κ2) is 6.94. The first-order chi connectivity index (χ1) is 9.85. The molecule has 0 aromatic heterocycles. The molecule has 110 valence electrons. The standard InChI is InChI=1S/C16H23NO2S/c1-20-15-4-2-13(3-5-15)12-17-8-6-14(7-9-17)16-18-10-11-19-16/h2-5,14,16H,6-12H2,1H3. The molecule has 20 heavy (non-hydrogen) atoms. The molecule has 4 heteroatoms. The van der Waals surface area contributed by atoms with E-state index in [9.17, 15) is 0 Å². The third-order valence-corrected chi connectivity index (χ3v) is 4.97. The molecule has 3 rings (SSSR count). The van der Waals surface area contributed by atoms with Crippen molar-refractivity contribution in [2.45, 2.75) is 30.6 Å². The molecule has 0 unspecified atom stereocenters. The van der Waals surface area contributed by atoms with Crippen molar-refractivity contribution < 1.29 is 9.47 Å². The SMILES string of the molecule is CSc1ccc(CN2CCC(C3OCCO3)CC2)cc1. The molecule has 0 aliphatic carbocycles. The zero-order valence-corrected chi connectivity index (χ0v) is 12.9. The van der Waals surface area contributed by atoms with Gasteiger partial charge in [0.05, 0.1) is 13.2 Å². The highest BCUT2D eigenvalue weighted by atomic mass is 32.2. The van der Waals surface area contributed by atoms with Crippen molar-refractivity contribution in [1.82, 2.24) is 4.90 Å². The van der Waals surface area contributed by atoms with Crippen LogP contribution in [0.5, 0.6) is 0 Å². The predicted octanol–water partition coefficient (Wildman–Crippen LogP) is 2.99. The quantitative estimate of drug-likeness (QED) is 0.796. The Balaban J connectivity index is 1.47. The van der Waals surface area contributed by atoms with Crippen LogP contribution in [-0.2, 0) is 16.0 Å². The van der Waals surface area contributed by atoms with Gasteiger partial charge in [0.1, 0.15) is 0 Å². The molecule has 3 nitrogen and oxygen atoms in total. The number of nitrogens with zero attached hydrogens (tertiary/aromatic N) is 1. The highest BCUT2D eigenvalue weighted by molar-refractivity contribution is 7.98. The minimum absolute atomic E-state index is 0.0676. The molecule has 1 aromatic rings. The van der Waals surface area contributed by atoms with E-state index < -0.39 is 0 Å². The Bertz CT molecular complexity index is 409. The van der Waals surface area contributed by atoms with Crippen LogP contribution in [-0.4, -0.2) is 43.7 Å². The van der Waals surface area contributed by atoms with Crippen molar-refractivity contribution in [3.8, 4) is 0 Å². The summed E-state index contributed by atoms with van der Waals surface area (Å²) in [6, 6.07) is 8.93. The Morgan fingerprint density at radius 3 is 2.35 bits per heavy atom. The highest BCUT2D eigenvalue weighted by Crippen LogP contribution is 2.26. The first-order valence-corrected chi connectivity index (χ1v) is 8.66. The second-order valence-electron chi connectivity index (χ2n) is 5.57. The molecule has 2 fully saturated rings. The summed E-state index contributed by atoms with van der Waals surface area (Å²) >= 11 is 1.80. The van der Waals surface area contributed by atoms with Gasteiger partial charge >= 0.3 is 0 Å². The lowest BCUT2D eigenvalue weighted by Gasteiger charge is -2.33. The summed E-state index contributed by atoms with van der Waals surface area (Å²) in [7, 11) is 0. The molecule has 2 aliphatic rings. The molecule has 0 atom stereocenters. The highest BCUT2D eigenvalue weighted by Gasteiger charge is 2.30. The van der Waals surface area contributed by atoms with E-state index in [1.165, 1.54) is 23.3 Å². The topological polar surface area (TPSA) is 21.7 Å². The van der Waals surface area contributed by atoms with Gasteiger partial charge in [0.2, 0.25) is 0 Å². The summed E-state index contributed by atoms with van der Waals surface area (Å²) in [6.45, 7) is 4.91. The van der Waals surface area contributed by atoms with Crippen molar-refractivity contribution in [3.05, 3.63) is 29.8 Å². The average Bonchev–Trinajstić information content (AvgIpc) is 3.03. The van der Waals surface area contributed by atoms with Crippen molar-refractivity contribution in [2.24, 2.45) is 5.92 Å². The van der Waals surface area contributed by atoms with Crippen LogP contribution in [0.2, 0.25) is 0 Å². The predicted molar refractivity (Wildman–Crippen MR) is 81.9 cm³/mol. The maximum atomic E-state index is 5.63. The lowest BCUT2D eigenvalue weighted by Crippen LogP contribution is -2.37. The number of benzene rings is 1. The van der Waals surface area contributed by atoms with Gasteiger partial charge in [0, 0.05) is 17.4 Å². The van der Waals surface area contributed by atoms with Gasteiger partial charge in [-0.3, -0.25) is 4.90 Å². The molecular formula is C16H23NO2S. The molecule has 0 amide bonds. The van der Waals surface area contributed by atoms with E-state index in [0.717, 1.165) is 32.8 Å². The number of likely N-dealkylation sites (tertiary alicyclic amines) is 1. The number of hydrogen-bond acceptors (Lipinski definition) is 4. The Morgan fingerprint density at radius 2 is 1.75 bits per heavy atom. The van der Waals surface area contributed by atoms with E-state index in [1.54, 1.807) is 11.8 Å². The van der Waals surface area contributed by atoms with Crippen LogP contribution in [0, 0.1) is 5.92 Å². The van der Waals surface area contributed by atoms with Crippen LogP contribution in [0.25, 0.3) is 0 Å². The van der Waals surface area contributed by atoms with Crippen LogP contribution in [0.15, 0.2) is 29.2 Å². The lowest BCUT2D eigenvalue weighted by atomic mass is 9.96. The van der Waals surface area contributed by atoms with Gasteiger partial charge in [-0.1, -0.05) is 12.1 Å². The van der Waals surface area contributed by atoms with E-state index in [2.05, 4.69) is 35.4 Å². The Hall–Kier alpha value is -0.550. The molecule has 0 bridgehead atoms. The third-order valence-electron chi connectivity index (χ3n) is 4.23. The molecule has 2 heterocycles. The van der Waals surface area contributed by atoms with Crippen LogP contribution in [0.4, 0.5) is 0 Å². The molecule has 0 radical (unpaired) electrons. The van der Waals surface area contributed by atoms with E-state index in [0.29, 0.717) is 5.92 Å². The number of rotatable bonds is 4. The van der Waals surface area contributed by atoms with Gasteiger partial charge < -0.3 is 9.47 Å². The first-order valence-electron chi connectivity index (χ1n) is 7.43. The third kappa shape index (κ3) is 3.55. The van der Waals surface area contributed by atoms with Gasteiger partial charge in [-0.25, -0.2) is 0 Å². The normalized spacial score (nSPS) is 22.4. The number of ether oxygens (including phenoxy) is 2. The number of piperidine rings is 1. The Kier molecular flexibility index (Phi) is 4.99. The minimum atomic E-state index is 0.0676. The fraction of sp³-hybridized carbons (Fsp3) is 0.625. The summed E-state index contributed by atoms with van der Waals surface area (Å²) in [5.41, 5.74) is 1.41. The maximum Gasteiger partial charge on any atom is 0.160 e. The number of hydrogen-bond donors (Lipinski definition) is 0. The Morgan fingerprint density at radius 1 is 1.10 bits per heavy atom. The second-order valence-corrected chi connectivity index (χ2v) is 6.45. The Labute approximate surface area is 125 Å². The van der Waals surface area contributed by atoms with E-state index >= 15 is 0 Å². The van der Waals surface area contributed by atoms with Crippen LogP contribution in [0.3, 0.4) is 0 Å². The van der Waals surface area contributed by atoms with Crippen molar-refractivity contribution >= 4 is 11.8 Å². The summed E-state index contributed by atoms with van der Waals surface area (Å²) in [4.78, 5) is 3.88. The van der Waals surface area contributed by atoms with Gasteiger partial charge in [-0.2, -0.15) is 0 Å². The van der Waals surface area contributed by atoms with Gasteiger partial charge in [0.25, 0.3) is 0 Å². The molecule has 1 aromatic carbocycles. The van der Waals surface area contributed by atoms with Crippen molar-refractivity contribution in [1.29, 1.82) is 0 Å². The molecule has 0 N–H and O–H groups in total. The molecule has 2 saturated heterocycles. The van der Waals surface area contributed by atoms with Gasteiger partial charge in [-0.15, -0.1) is 11.8 Å². The van der Waals surface area contributed by atoms with Crippen molar-refractivity contribution in [3.63, 3.8) is 0 Å². The number of thioether (sulfide) groups is 1. The maximum absolute atomic E-state index is 5.63. The zero-order valence-electron chi connectivity index (χ0n) is 12.1. The smallest absolute Gasteiger partial charge is 0.160 e. The van der Waals surface area contributed by atoms with Gasteiger partial charge in [-0.05, 0) is 49.9 Å². The summed E-state index contributed by atoms with van der Waals surface area (Å²) < 4.78 is 11.3. The van der Waals surface area contributed by atoms with E-state index in [4.69, 9.17) is 9.47 Å². The molecule has 2 aliphatic heterocycles. The fourth-order valence-corrected chi connectivity index (χ4v) is 3.43. The molecule has 0 saturated carbocycles. The monoisotopic (exact) mass is 293 g/mol. The summed E-state index contributed by atoms with van der Waals surface area (Å²) in [5.74, 6) is 0.590. The zero-order chi connectivity index (χ0) is 13.8. The largest absolute Gasteiger partial charge is 0.350 e. The van der Waals surface area contributed by atoms with E-state index in [1.807, 2.05) is 0 Å². The van der Waals surface area contributed by atoms with Crippen molar-refractivity contribution in [2.75, 3.05) is 32.6 Å². The first kappa shape index (κ1) is 14.4. The fourth-order valence-electron chi connectivity index (χ4n) is 3.02. The van der Waals surface area contributed by atoms with E-state index in [-0.39, 0.29) is 6.29 Å². The van der Waals surface area contributed by atoms with Crippen LogP contribution in [0.1, 0.15) is 18.4 Å². The minimum Gasteiger partial charge on any atom is -0.350 e. The summed E-state index contributed by atoms with van der Waals surface area (Å²) in [5, 5.41) is 0. The summed E-state index contributed by atoms with van der Waals surface area (Å²) in [6.07, 6.45) is 4.56. The lowest BCUT2D eigenvalue weighted by molar-refractivity contribution is -0.0977. The molecule has 0 spiro atoms. The average molecular weight is 293 g/mol.